The molecule has 0 aromatic heterocycles. The molecule has 2 aliphatic carbocycles. The summed E-state index contributed by atoms with van der Waals surface area (Å²) in [6.45, 7) is 2.24. The third-order valence-electron chi connectivity index (χ3n) is 7.76. The monoisotopic (exact) mass is 476 g/mol. The number of fused-ring (bicyclic) bond motifs is 1. The minimum atomic E-state index is -4.46. The van der Waals surface area contributed by atoms with E-state index in [0.717, 1.165) is 55.4 Å². The van der Waals surface area contributed by atoms with Gasteiger partial charge in [-0.3, -0.25) is 0 Å². The second kappa shape index (κ2) is 10.5. The van der Waals surface area contributed by atoms with Gasteiger partial charge in [0.25, 0.3) is 0 Å². The van der Waals surface area contributed by atoms with Crippen molar-refractivity contribution in [1.29, 1.82) is 0 Å². The zero-order valence-corrected chi connectivity index (χ0v) is 19.5. The molecule has 0 radical (unpaired) electrons. The third kappa shape index (κ3) is 5.81. The van der Waals surface area contributed by atoms with Gasteiger partial charge in [0.15, 0.2) is 0 Å². The fraction of sp³-hybridized carbons (Fsp3) is 0.536. The molecule has 0 N–H and O–H groups in total. The van der Waals surface area contributed by atoms with Crippen LogP contribution in [0.25, 0.3) is 0 Å². The Kier molecular flexibility index (Phi) is 7.63. The normalized spacial score (nSPS) is 25.0. The van der Waals surface area contributed by atoms with Gasteiger partial charge in [-0.2, -0.15) is 13.2 Å². The first-order valence-corrected chi connectivity index (χ1v) is 12.4. The first kappa shape index (κ1) is 24.7. The quantitative estimate of drug-likeness (QED) is 0.237. The van der Waals surface area contributed by atoms with Crippen molar-refractivity contribution in [2.75, 3.05) is 0 Å². The molecule has 6 heteroatoms. The van der Waals surface area contributed by atoms with Gasteiger partial charge in [0.1, 0.15) is 11.6 Å². The third-order valence-corrected chi connectivity index (χ3v) is 7.76. The lowest BCUT2D eigenvalue weighted by Gasteiger charge is -2.42. The molecule has 0 saturated heterocycles. The van der Waals surface area contributed by atoms with E-state index in [-0.39, 0.29) is 17.2 Å². The Bertz CT molecular complexity index is 983. The lowest BCUT2D eigenvalue weighted by atomic mass is 9.63. The van der Waals surface area contributed by atoms with Crippen molar-refractivity contribution in [2.45, 2.75) is 76.8 Å². The standard InChI is InChI=1S/C28H32F4O2/c1-2-3-4-18-5-6-20-16-21(8-7-19(20)15-18)25-14-9-22(17-26(25)29)27(33)34-24-12-10-23(11-13-24)28(30,31)32/h9-14,17-21H,2-8,15-16H2,1H3/t18-,19-,20+,21?/m0/s1. The minimum Gasteiger partial charge on any atom is -0.423 e. The maximum absolute atomic E-state index is 15.0. The molecule has 184 valence electrons. The van der Waals surface area contributed by atoms with Gasteiger partial charge in [-0.1, -0.05) is 38.7 Å². The molecule has 0 spiro atoms. The summed E-state index contributed by atoms with van der Waals surface area (Å²) >= 11 is 0. The summed E-state index contributed by atoms with van der Waals surface area (Å²) in [5, 5.41) is 0. The molecule has 34 heavy (non-hydrogen) atoms. The second-order valence-electron chi connectivity index (χ2n) is 10.00. The van der Waals surface area contributed by atoms with Crippen LogP contribution in [0.15, 0.2) is 42.5 Å². The van der Waals surface area contributed by atoms with Crippen LogP contribution in [0.1, 0.15) is 92.1 Å². The Morgan fingerprint density at radius 1 is 0.971 bits per heavy atom. The number of rotatable bonds is 6. The van der Waals surface area contributed by atoms with Crippen LogP contribution in [0.3, 0.4) is 0 Å². The summed E-state index contributed by atoms with van der Waals surface area (Å²) in [6.07, 6.45) is 6.36. The topological polar surface area (TPSA) is 26.3 Å². The van der Waals surface area contributed by atoms with E-state index < -0.39 is 23.5 Å². The van der Waals surface area contributed by atoms with E-state index in [4.69, 9.17) is 4.74 Å². The zero-order chi connectivity index (χ0) is 24.3. The van der Waals surface area contributed by atoms with E-state index in [2.05, 4.69) is 6.92 Å². The highest BCUT2D eigenvalue weighted by Gasteiger charge is 2.36. The van der Waals surface area contributed by atoms with Crippen molar-refractivity contribution in [3.05, 3.63) is 65.0 Å². The van der Waals surface area contributed by atoms with Crippen LogP contribution in [0.4, 0.5) is 17.6 Å². The Hall–Kier alpha value is -2.37. The molecule has 0 bridgehead atoms. The largest absolute Gasteiger partial charge is 0.423 e. The van der Waals surface area contributed by atoms with Crippen LogP contribution in [-0.2, 0) is 6.18 Å². The molecule has 2 fully saturated rings. The summed E-state index contributed by atoms with van der Waals surface area (Å²) in [6, 6.07) is 8.28. The van der Waals surface area contributed by atoms with Gasteiger partial charge in [0.05, 0.1) is 11.1 Å². The van der Waals surface area contributed by atoms with E-state index in [1.807, 2.05) is 0 Å². The van der Waals surface area contributed by atoms with Crippen LogP contribution in [0.2, 0.25) is 0 Å². The van der Waals surface area contributed by atoms with Crippen molar-refractivity contribution in [2.24, 2.45) is 17.8 Å². The maximum atomic E-state index is 15.0. The molecule has 2 nitrogen and oxygen atoms in total. The van der Waals surface area contributed by atoms with E-state index in [0.29, 0.717) is 11.5 Å². The number of hydrogen-bond acceptors (Lipinski definition) is 2. The highest BCUT2D eigenvalue weighted by atomic mass is 19.4. The molecule has 0 amide bonds. The number of benzene rings is 2. The molecule has 0 heterocycles. The Labute approximate surface area is 198 Å². The van der Waals surface area contributed by atoms with Crippen LogP contribution >= 0.6 is 0 Å². The van der Waals surface area contributed by atoms with Crippen LogP contribution in [-0.4, -0.2) is 5.97 Å². The van der Waals surface area contributed by atoms with E-state index in [1.165, 1.54) is 44.6 Å². The maximum Gasteiger partial charge on any atom is 0.416 e. The molecular formula is C28H32F4O2. The summed E-state index contributed by atoms with van der Waals surface area (Å²) < 4.78 is 58.2. The number of carbonyl (C=O) groups excluding carboxylic acids is 1. The van der Waals surface area contributed by atoms with Crippen molar-refractivity contribution in [3.63, 3.8) is 0 Å². The molecule has 4 rings (SSSR count). The Morgan fingerprint density at radius 3 is 2.35 bits per heavy atom. The summed E-state index contributed by atoms with van der Waals surface area (Å²) in [7, 11) is 0. The first-order chi connectivity index (χ1) is 16.2. The predicted octanol–water partition coefficient (Wildman–Crippen LogP) is 8.55. The lowest BCUT2D eigenvalue weighted by Crippen LogP contribution is -2.30. The summed E-state index contributed by atoms with van der Waals surface area (Å²) in [5.74, 6) is 1.20. The number of alkyl halides is 3. The highest BCUT2D eigenvalue weighted by molar-refractivity contribution is 5.91. The van der Waals surface area contributed by atoms with Crippen molar-refractivity contribution in [1.82, 2.24) is 0 Å². The van der Waals surface area contributed by atoms with Gasteiger partial charge in [-0.15, -0.1) is 0 Å². The number of unbranched alkanes of at least 4 members (excludes halogenated alkanes) is 1. The van der Waals surface area contributed by atoms with Crippen LogP contribution in [0, 0.1) is 23.6 Å². The molecule has 2 aliphatic rings. The number of hydrogen-bond donors (Lipinski definition) is 0. The molecular weight excluding hydrogens is 444 g/mol. The van der Waals surface area contributed by atoms with Gasteiger partial charge >= 0.3 is 12.1 Å². The fourth-order valence-electron chi connectivity index (χ4n) is 5.89. The van der Waals surface area contributed by atoms with Crippen LogP contribution in [0.5, 0.6) is 5.75 Å². The van der Waals surface area contributed by atoms with Gasteiger partial charge in [0.2, 0.25) is 0 Å². The zero-order valence-electron chi connectivity index (χ0n) is 19.5. The van der Waals surface area contributed by atoms with Gasteiger partial charge < -0.3 is 4.74 Å². The molecule has 2 aromatic carbocycles. The van der Waals surface area contributed by atoms with Gasteiger partial charge in [0, 0.05) is 0 Å². The molecule has 2 saturated carbocycles. The smallest absolute Gasteiger partial charge is 0.416 e. The van der Waals surface area contributed by atoms with E-state index in [1.54, 1.807) is 12.1 Å². The van der Waals surface area contributed by atoms with Crippen molar-refractivity contribution >= 4 is 5.97 Å². The fourth-order valence-corrected chi connectivity index (χ4v) is 5.89. The minimum absolute atomic E-state index is 0.0182. The van der Waals surface area contributed by atoms with Gasteiger partial charge in [-0.05, 0) is 97.7 Å². The second-order valence-corrected chi connectivity index (χ2v) is 10.00. The molecule has 2 aromatic rings. The van der Waals surface area contributed by atoms with E-state index >= 15 is 4.39 Å². The number of ether oxygens (including phenoxy) is 1. The van der Waals surface area contributed by atoms with Gasteiger partial charge in [-0.25, -0.2) is 9.18 Å². The highest BCUT2D eigenvalue weighted by Crippen LogP contribution is 2.48. The summed E-state index contributed by atoms with van der Waals surface area (Å²) in [4.78, 5) is 12.4. The SMILES string of the molecule is CCCC[C@H]1CC[C@@H]2CC(c3ccc(C(=O)Oc4ccc(C(F)(F)F)cc4)cc3F)CC[C@H]2C1. The van der Waals surface area contributed by atoms with Crippen molar-refractivity contribution in [3.8, 4) is 5.75 Å². The predicted molar refractivity (Wildman–Crippen MR) is 123 cm³/mol. The summed E-state index contributed by atoms with van der Waals surface area (Å²) in [5.41, 5.74) is -0.129. The van der Waals surface area contributed by atoms with Crippen molar-refractivity contribution < 1.29 is 27.1 Å². The number of esters is 1. The Balaban J connectivity index is 1.36. The average molecular weight is 477 g/mol. The average Bonchev–Trinajstić information content (AvgIpc) is 2.82. The molecule has 1 unspecified atom stereocenters. The Morgan fingerprint density at radius 2 is 1.68 bits per heavy atom. The molecule has 4 atom stereocenters. The molecule has 0 aliphatic heterocycles. The van der Waals surface area contributed by atoms with Crippen LogP contribution < -0.4 is 4.74 Å². The lowest BCUT2D eigenvalue weighted by molar-refractivity contribution is -0.137. The van der Waals surface area contributed by atoms with E-state index in [9.17, 15) is 18.0 Å². The number of carbonyl (C=O) groups is 1. The number of halogens is 4. The first-order valence-electron chi connectivity index (χ1n) is 12.4.